The third-order valence-electron chi connectivity index (χ3n) is 2.78. The lowest BCUT2D eigenvalue weighted by atomic mass is 10.2. The highest BCUT2D eigenvalue weighted by molar-refractivity contribution is 7.13. The molecule has 3 aromatic heterocycles. The van der Waals surface area contributed by atoms with Gasteiger partial charge >= 0.3 is 11.7 Å². The molecular formula is C13H10N2O5S. The van der Waals surface area contributed by atoms with Crippen molar-refractivity contribution < 1.29 is 18.4 Å². The minimum Gasteiger partial charge on any atom is -0.466 e. The Kier molecular flexibility index (Phi) is 3.44. The topological polar surface area (TPSA) is 87.5 Å². The van der Waals surface area contributed by atoms with Crippen LogP contribution in [0.1, 0.15) is 16.1 Å². The number of nitrogens with zero attached hydrogens (tertiary/aromatic N) is 2. The zero-order valence-electron chi connectivity index (χ0n) is 10.9. The lowest BCUT2D eigenvalue weighted by Gasteiger charge is -1.99. The van der Waals surface area contributed by atoms with Gasteiger partial charge in [-0.3, -0.25) is 0 Å². The fraction of sp³-hybridized carbons (Fsp3) is 0.154. The number of hydrogen-bond acceptors (Lipinski definition) is 7. The molecule has 0 aliphatic rings. The van der Waals surface area contributed by atoms with Crippen LogP contribution in [0, 0.1) is 0 Å². The summed E-state index contributed by atoms with van der Waals surface area (Å²) >= 11 is 1.41. The van der Waals surface area contributed by atoms with Gasteiger partial charge in [0, 0.05) is 0 Å². The molecule has 0 atom stereocenters. The summed E-state index contributed by atoms with van der Waals surface area (Å²) in [7, 11) is 1.27. The first kappa shape index (κ1) is 13.4. The van der Waals surface area contributed by atoms with Gasteiger partial charge in [0.25, 0.3) is 5.89 Å². The lowest BCUT2D eigenvalue weighted by molar-refractivity contribution is 0.0598. The van der Waals surface area contributed by atoms with Gasteiger partial charge in [-0.1, -0.05) is 6.07 Å². The fourth-order valence-corrected chi connectivity index (χ4v) is 2.44. The van der Waals surface area contributed by atoms with Gasteiger partial charge in [0.05, 0.1) is 18.3 Å². The summed E-state index contributed by atoms with van der Waals surface area (Å²) in [5.74, 6) is -0.629. The molecule has 0 aromatic carbocycles. The third-order valence-corrected chi connectivity index (χ3v) is 3.64. The van der Waals surface area contributed by atoms with Crippen LogP contribution in [-0.2, 0) is 11.3 Å². The molecule has 7 nitrogen and oxygen atoms in total. The van der Waals surface area contributed by atoms with Crippen molar-refractivity contribution in [3.05, 3.63) is 51.7 Å². The van der Waals surface area contributed by atoms with Crippen molar-refractivity contribution in [1.29, 1.82) is 0 Å². The zero-order chi connectivity index (χ0) is 14.8. The van der Waals surface area contributed by atoms with Gasteiger partial charge in [-0.15, -0.1) is 16.4 Å². The summed E-state index contributed by atoms with van der Waals surface area (Å²) in [6.45, 7) is -0.00879. The summed E-state index contributed by atoms with van der Waals surface area (Å²) in [5, 5.41) is 5.95. The number of hydrogen-bond donors (Lipinski definition) is 0. The van der Waals surface area contributed by atoms with Crippen LogP contribution in [0.5, 0.6) is 0 Å². The first-order chi connectivity index (χ1) is 10.2. The third kappa shape index (κ3) is 2.52. The second kappa shape index (κ2) is 5.41. The van der Waals surface area contributed by atoms with Crippen molar-refractivity contribution in [3.8, 4) is 10.8 Å². The van der Waals surface area contributed by atoms with E-state index in [0.717, 1.165) is 9.56 Å². The molecule has 0 aliphatic heterocycles. The van der Waals surface area contributed by atoms with Gasteiger partial charge in [0.15, 0.2) is 0 Å². The molecule has 108 valence electrons. The first-order valence-corrected chi connectivity index (χ1v) is 6.83. The van der Waals surface area contributed by atoms with Crippen LogP contribution in [0.15, 0.2) is 43.5 Å². The monoisotopic (exact) mass is 306 g/mol. The summed E-state index contributed by atoms with van der Waals surface area (Å²) in [6.07, 6.45) is 1.35. The number of esters is 1. The minimum absolute atomic E-state index is 0.00879. The van der Waals surface area contributed by atoms with E-state index < -0.39 is 11.7 Å². The highest BCUT2D eigenvalue weighted by Crippen LogP contribution is 2.21. The summed E-state index contributed by atoms with van der Waals surface area (Å²) in [6, 6.07) is 5.11. The molecule has 0 bridgehead atoms. The van der Waals surface area contributed by atoms with Crippen molar-refractivity contribution in [3.63, 3.8) is 0 Å². The number of rotatable bonds is 4. The molecule has 0 aliphatic carbocycles. The molecule has 8 heteroatoms. The van der Waals surface area contributed by atoms with Crippen molar-refractivity contribution in [2.24, 2.45) is 0 Å². The van der Waals surface area contributed by atoms with Crippen LogP contribution in [0.4, 0.5) is 0 Å². The molecule has 0 saturated carbocycles. The molecule has 0 spiro atoms. The Labute approximate surface area is 122 Å². The Morgan fingerprint density at radius 3 is 3.05 bits per heavy atom. The van der Waals surface area contributed by atoms with E-state index in [2.05, 4.69) is 9.84 Å². The molecule has 0 amide bonds. The van der Waals surface area contributed by atoms with Gasteiger partial charge in [-0.25, -0.2) is 9.59 Å². The quantitative estimate of drug-likeness (QED) is 0.685. The number of furan rings is 1. The molecule has 0 saturated heterocycles. The van der Waals surface area contributed by atoms with Crippen LogP contribution in [0.2, 0.25) is 0 Å². The molecule has 3 heterocycles. The Morgan fingerprint density at radius 1 is 1.48 bits per heavy atom. The van der Waals surface area contributed by atoms with Gasteiger partial charge < -0.3 is 13.6 Å². The van der Waals surface area contributed by atoms with E-state index in [0.29, 0.717) is 0 Å². The van der Waals surface area contributed by atoms with Gasteiger partial charge in [0.2, 0.25) is 0 Å². The molecule has 3 rings (SSSR count). The van der Waals surface area contributed by atoms with Crippen LogP contribution >= 0.6 is 11.3 Å². The van der Waals surface area contributed by atoms with E-state index in [9.17, 15) is 9.59 Å². The maximum atomic E-state index is 11.8. The normalized spacial score (nSPS) is 10.7. The highest BCUT2D eigenvalue weighted by Gasteiger charge is 2.18. The largest absolute Gasteiger partial charge is 0.466 e. The zero-order valence-corrected chi connectivity index (χ0v) is 11.8. The van der Waals surface area contributed by atoms with E-state index >= 15 is 0 Å². The lowest BCUT2D eigenvalue weighted by Crippen LogP contribution is -2.17. The molecular weight excluding hydrogens is 296 g/mol. The van der Waals surface area contributed by atoms with Crippen LogP contribution < -0.4 is 5.76 Å². The number of thiophene rings is 1. The van der Waals surface area contributed by atoms with Crippen molar-refractivity contribution in [2.45, 2.75) is 6.54 Å². The predicted octanol–water partition coefficient (Wildman–Crippen LogP) is 1.99. The smallest absolute Gasteiger partial charge is 0.437 e. The number of carbonyl (C=O) groups is 1. The van der Waals surface area contributed by atoms with Crippen LogP contribution in [-0.4, -0.2) is 22.9 Å². The second-order valence-electron chi connectivity index (χ2n) is 4.06. The maximum absolute atomic E-state index is 11.8. The van der Waals surface area contributed by atoms with Gasteiger partial charge in [-0.05, 0) is 17.5 Å². The van der Waals surface area contributed by atoms with Crippen molar-refractivity contribution in [2.75, 3.05) is 7.11 Å². The average molecular weight is 306 g/mol. The molecule has 3 aromatic rings. The molecule has 0 N–H and O–H groups in total. The number of carbonyl (C=O) groups excluding carboxylic acids is 1. The fourth-order valence-electron chi connectivity index (χ4n) is 1.80. The van der Waals surface area contributed by atoms with Crippen LogP contribution in [0.25, 0.3) is 10.8 Å². The number of ether oxygens (including phenoxy) is 1. The number of methoxy groups -OCH3 is 1. The predicted molar refractivity (Wildman–Crippen MR) is 73.2 cm³/mol. The van der Waals surface area contributed by atoms with E-state index in [1.54, 1.807) is 6.07 Å². The molecule has 0 radical (unpaired) electrons. The van der Waals surface area contributed by atoms with Crippen molar-refractivity contribution >= 4 is 17.3 Å². The Morgan fingerprint density at radius 2 is 2.33 bits per heavy atom. The van der Waals surface area contributed by atoms with E-state index in [1.165, 1.54) is 30.8 Å². The Balaban J connectivity index is 1.91. The molecule has 21 heavy (non-hydrogen) atoms. The summed E-state index contributed by atoms with van der Waals surface area (Å²) in [5.41, 5.74) is 0.255. The Hall–Kier alpha value is -2.61. The van der Waals surface area contributed by atoms with Crippen molar-refractivity contribution in [1.82, 2.24) is 9.78 Å². The van der Waals surface area contributed by atoms with Gasteiger partial charge in [-0.2, -0.15) is 4.68 Å². The standard InChI is InChI=1S/C13H10N2O5S/c1-18-12(16)8-4-5-19-9(8)7-15-13(17)20-11(14-15)10-3-2-6-21-10/h2-6H,7H2,1H3. The molecule has 0 fully saturated rings. The maximum Gasteiger partial charge on any atom is 0.437 e. The highest BCUT2D eigenvalue weighted by atomic mass is 32.1. The van der Waals surface area contributed by atoms with E-state index in [1.807, 2.05) is 11.4 Å². The SMILES string of the molecule is COC(=O)c1ccoc1Cn1nc(-c2cccs2)oc1=O. The summed E-state index contributed by atoms with van der Waals surface area (Å²) in [4.78, 5) is 24.1. The number of aromatic nitrogens is 2. The molecule has 0 unspecified atom stereocenters. The van der Waals surface area contributed by atoms with E-state index in [-0.39, 0.29) is 23.8 Å². The van der Waals surface area contributed by atoms with Crippen LogP contribution in [0.3, 0.4) is 0 Å². The summed E-state index contributed by atoms with van der Waals surface area (Å²) < 4.78 is 16.0. The van der Waals surface area contributed by atoms with E-state index in [4.69, 9.17) is 8.83 Å². The first-order valence-electron chi connectivity index (χ1n) is 5.95. The Bertz CT molecular complexity index is 812. The van der Waals surface area contributed by atoms with Gasteiger partial charge in [0.1, 0.15) is 17.9 Å². The average Bonchev–Trinajstić information content (AvgIpc) is 3.20. The minimum atomic E-state index is -0.620. The second-order valence-corrected chi connectivity index (χ2v) is 5.00.